The molecule has 2 aromatic carbocycles. The van der Waals surface area contributed by atoms with Crippen LogP contribution in [0, 0.1) is 13.8 Å². The second-order valence-corrected chi connectivity index (χ2v) is 7.19. The van der Waals surface area contributed by atoms with Gasteiger partial charge in [0, 0.05) is 17.5 Å². The van der Waals surface area contributed by atoms with Gasteiger partial charge in [-0.25, -0.2) is 4.98 Å². The summed E-state index contributed by atoms with van der Waals surface area (Å²) in [6.45, 7) is 4.63. The number of hydrogen-bond acceptors (Lipinski definition) is 5. The molecule has 2 heterocycles. The third-order valence-electron chi connectivity index (χ3n) is 4.71. The lowest BCUT2D eigenvalue weighted by Gasteiger charge is -2.07. The third-order valence-corrected chi connectivity index (χ3v) is 4.71. The number of fused-ring (bicyclic) bond motifs is 1. The lowest BCUT2D eigenvalue weighted by atomic mass is 10.2. The molecule has 0 spiro atoms. The van der Waals surface area contributed by atoms with E-state index in [9.17, 15) is 4.79 Å². The summed E-state index contributed by atoms with van der Waals surface area (Å²) in [5, 5.41) is 11.1. The van der Waals surface area contributed by atoms with Gasteiger partial charge in [-0.3, -0.25) is 9.20 Å². The van der Waals surface area contributed by atoms with Crippen LogP contribution in [0.5, 0.6) is 5.75 Å². The van der Waals surface area contributed by atoms with Gasteiger partial charge in [0.15, 0.2) is 5.82 Å². The van der Waals surface area contributed by atoms with Crippen molar-refractivity contribution in [2.24, 2.45) is 0 Å². The first-order valence-corrected chi connectivity index (χ1v) is 9.99. The van der Waals surface area contributed by atoms with Crippen LogP contribution in [0.4, 0.5) is 0 Å². The van der Waals surface area contributed by atoms with E-state index in [0.29, 0.717) is 18.2 Å². The first kappa shape index (κ1) is 20.3. The molecule has 0 saturated carbocycles. The fourth-order valence-electron chi connectivity index (χ4n) is 3.26. The normalized spacial score (nSPS) is 11.2. The number of carbonyl (C=O) groups excluding carboxylic acids is 1. The summed E-state index contributed by atoms with van der Waals surface area (Å²) in [4.78, 5) is 16.6. The second-order valence-electron chi connectivity index (χ2n) is 7.19. The quantitative estimate of drug-likeness (QED) is 0.468. The molecule has 2 aromatic heterocycles. The molecule has 4 rings (SSSR count). The molecule has 0 radical (unpaired) electrons. The molecule has 0 aliphatic heterocycles. The number of ether oxygens (including phenoxy) is 1. The molecule has 7 heteroatoms. The van der Waals surface area contributed by atoms with Gasteiger partial charge in [0.05, 0.1) is 6.54 Å². The molecule has 0 aliphatic rings. The van der Waals surface area contributed by atoms with Crippen molar-refractivity contribution in [2.75, 3.05) is 0 Å². The van der Waals surface area contributed by atoms with E-state index in [1.165, 1.54) is 6.08 Å². The van der Waals surface area contributed by atoms with Crippen LogP contribution in [0.3, 0.4) is 0 Å². The van der Waals surface area contributed by atoms with Crippen LogP contribution in [-0.4, -0.2) is 25.5 Å². The molecule has 156 valence electrons. The smallest absolute Gasteiger partial charge is 0.255 e. The monoisotopic (exact) mass is 413 g/mol. The SMILES string of the molecule is Cc1cc(C)n2c(CNC(=O)/C=C/c3cccc(OCc4ccccc4)c3)nnc2n1. The molecule has 0 unspecified atom stereocenters. The zero-order valence-corrected chi connectivity index (χ0v) is 17.4. The van der Waals surface area contributed by atoms with Crippen LogP contribution in [0.15, 0.2) is 66.7 Å². The molecule has 0 bridgehead atoms. The Morgan fingerprint density at radius 2 is 1.90 bits per heavy atom. The average molecular weight is 413 g/mol. The molecule has 1 amide bonds. The van der Waals surface area contributed by atoms with Crippen molar-refractivity contribution in [2.45, 2.75) is 27.0 Å². The Labute approximate surface area is 180 Å². The molecule has 4 aromatic rings. The highest BCUT2D eigenvalue weighted by atomic mass is 16.5. The summed E-state index contributed by atoms with van der Waals surface area (Å²) in [5.74, 6) is 1.70. The maximum atomic E-state index is 12.3. The summed E-state index contributed by atoms with van der Waals surface area (Å²) in [7, 11) is 0. The first-order valence-electron chi connectivity index (χ1n) is 9.99. The minimum absolute atomic E-state index is 0.218. The van der Waals surface area contributed by atoms with Gasteiger partial charge in [-0.2, -0.15) is 0 Å². The Morgan fingerprint density at radius 3 is 2.74 bits per heavy atom. The molecule has 7 nitrogen and oxygen atoms in total. The average Bonchev–Trinajstić information content (AvgIpc) is 3.19. The summed E-state index contributed by atoms with van der Waals surface area (Å²) < 4.78 is 7.68. The van der Waals surface area contributed by atoms with Gasteiger partial charge >= 0.3 is 0 Å². The number of aromatic nitrogens is 4. The molecule has 1 N–H and O–H groups in total. The number of benzene rings is 2. The zero-order chi connectivity index (χ0) is 21.6. The van der Waals surface area contributed by atoms with Crippen LogP contribution in [0.2, 0.25) is 0 Å². The highest BCUT2D eigenvalue weighted by molar-refractivity contribution is 5.91. The highest BCUT2D eigenvalue weighted by Crippen LogP contribution is 2.16. The molecule has 0 atom stereocenters. The molecule has 0 saturated heterocycles. The Bertz CT molecular complexity index is 1230. The lowest BCUT2D eigenvalue weighted by molar-refractivity contribution is -0.116. The van der Waals surface area contributed by atoms with E-state index in [1.54, 1.807) is 6.08 Å². The van der Waals surface area contributed by atoms with E-state index >= 15 is 0 Å². The van der Waals surface area contributed by atoms with Crippen LogP contribution in [0.25, 0.3) is 11.9 Å². The summed E-state index contributed by atoms with van der Waals surface area (Å²) in [6.07, 6.45) is 3.25. The van der Waals surface area contributed by atoms with Gasteiger partial charge < -0.3 is 10.1 Å². The first-order chi connectivity index (χ1) is 15.1. The topological polar surface area (TPSA) is 81.4 Å². The molecule has 0 fully saturated rings. The fraction of sp³-hybridized carbons (Fsp3) is 0.167. The lowest BCUT2D eigenvalue weighted by Crippen LogP contribution is -2.22. The minimum atomic E-state index is -0.218. The van der Waals surface area contributed by atoms with Gasteiger partial charge in [-0.1, -0.05) is 42.5 Å². The Morgan fingerprint density at radius 1 is 1.06 bits per heavy atom. The number of rotatable bonds is 7. The predicted octanol–water partition coefficient (Wildman–Crippen LogP) is 3.65. The summed E-state index contributed by atoms with van der Waals surface area (Å²) >= 11 is 0. The second kappa shape index (κ2) is 9.21. The number of nitrogens with zero attached hydrogens (tertiary/aromatic N) is 4. The summed E-state index contributed by atoms with van der Waals surface area (Å²) in [5.41, 5.74) is 3.83. The maximum Gasteiger partial charge on any atom is 0.255 e. The molecule has 0 aliphatic carbocycles. The number of aryl methyl sites for hydroxylation is 2. The van der Waals surface area contributed by atoms with Gasteiger partial charge in [-0.05, 0) is 49.2 Å². The van der Waals surface area contributed by atoms with Gasteiger partial charge in [0.25, 0.3) is 5.78 Å². The zero-order valence-electron chi connectivity index (χ0n) is 17.4. The van der Waals surface area contributed by atoms with Crippen molar-refractivity contribution in [1.29, 1.82) is 0 Å². The Balaban J connectivity index is 1.35. The van der Waals surface area contributed by atoms with Crippen molar-refractivity contribution in [1.82, 2.24) is 24.9 Å². The largest absolute Gasteiger partial charge is 0.489 e. The maximum absolute atomic E-state index is 12.3. The standard InChI is InChI=1S/C24H23N5O2/c1-17-13-18(2)29-22(27-28-24(29)26-17)15-25-23(30)12-11-19-9-6-10-21(14-19)31-16-20-7-4-3-5-8-20/h3-14H,15-16H2,1-2H3,(H,25,30)/b12-11+. The molecular weight excluding hydrogens is 390 g/mol. The van der Waals surface area contributed by atoms with E-state index in [4.69, 9.17) is 4.74 Å². The van der Waals surface area contributed by atoms with Crippen LogP contribution in [0.1, 0.15) is 28.3 Å². The molecular formula is C24H23N5O2. The van der Waals surface area contributed by atoms with Gasteiger partial charge in [0.2, 0.25) is 5.91 Å². The van der Waals surface area contributed by atoms with E-state index in [-0.39, 0.29) is 12.5 Å². The van der Waals surface area contributed by atoms with Crippen molar-refractivity contribution in [3.63, 3.8) is 0 Å². The van der Waals surface area contributed by atoms with Crippen molar-refractivity contribution in [3.8, 4) is 5.75 Å². The van der Waals surface area contributed by atoms with Crippen molar-refractivity contribution in [3.05, 3.63) is 95.1 Å². The predicted molar refractivity (Wildman–Crippen MR) is 118 cm³/mol. The van der Waals surface area contributed by atoms with E-state index < -0.39 is 0 Å². The van der Waals surface area contributed by atoms with E-state index in [2.05, 4.69) is 20.5 Å². The van der Waals surface area contributed by atoms with Gasteiger partial charge in [-0.15, -0.1) is 10.2 Å². The third kappa shape index (κ3) is 5.14. The van der Waals surface area contributed by atoms with Crippen molar-refractivity contribution < 1.29 is 9.53 Å². The molecule has 31 heavy (non-hydrogen) atoms. The Hall–Kier alpha value is -4.00. The fourth-order valence-corrected chi connectivity index (χ4v) is 3.26. The summed E-state index contributed by atoms with van der Waals surface area (Å²) in [6, 6.07) is 19.6. The Kier molecular flexibility index (Phi) is 6.03. The van der Waals surface area contributed by atoms with Crippen LogP contribution in [-0.2, 0) is 17.9 Å². The minimum Gasteiger partial charge on any atom is -0.489 e. The number of nitrogens with one attached hydrogen (secondary N) is 1. The number of carbonyl (C=O) groups is 1. The number of amides is 1. The van der Waals surface area contributed by atoms with Crippen LogP contribution >= 0.6 is 0 Å². The van der Waals surface area contributed by atoms with Crippen molar-refractivity contribution >= 4 is 17.8 Å². The van der Waals surface area contributed by atoms with E-state index in [0.717, 1.165) is 28.3 Å². The van der Waals surface area contributed by atoms with Gasteiger partial charge in [0.1, 0.15) is 12.4 Å². The van der Waals surface area contributed by atoms with E-state index in [1.807, 2.05) is 78.9 Å². The van der Waals surface area contributed by atoms with Crippen LogP contribution < -0.4 is 10.1 Å². The number of hydrogen-bond donors (Lipinski definition) is 1. The highest BCUT2D eigenvalue weighted by Gasteiger charge is 2.10.